The summed E-state index contributed by atoms with van der Waals surface area (Å²) in [6.07, 6.45) is 2.22. The van der Waals surface area contributed by atoms with Crippen LogP contribution in [0.15, 0.2) is 24.3 Å². The van der Waals surface area contributed by atoms with E-state index in [1.807, 2.05) is 17.7 Å². The van der Waals surface area contributed by atoms with Crippen molar-refractivity contribution >= 4 is 22.6 Å². The first-order valence-corrected chi connectivity index (χ1v) is 10.2. The molecule has 1 N–H and O–H groups in total. The second kappa shape index (κ2) is 7.31. The molecule has 1 saturated carbocycles. The molecule has 1 aliphatic carbocycles. The van der Waals surface area contributed by atoms with Crippen LogP contribution in [0, 0.1) is 6.92 Å². The Labute approximate surface area is 176 Å². The second-order valence-electron chi connectivity index (χ2n) is 8.76. The molecule has 30 heavy (non-hydrogen) atoms. The monoisotopic (exact) mass is 408 g/mol. The van der Waals surface area contributed by atoms with Gasteiger partial charge in [0.15, 0.2) is 17.1 Å². The lowest BCUT2D eigenvalue weighted by Crippen LogP contribution is -2.23. The van der Waals surface area contributed by atoms with Gasteiger partial charge >= 0.3 is 0 Å². The smallest absolute Gasteiger partial charge is 0.256 e. The largest absolute Gasteiger partial charge is 0.493 e. The lowest BCUT2D eigenvalue weighted by atomic mass is 10.1. The number of methoxy groups -OCH3 is 2. The summed E-state index contributed by atoms with van der Waals surface area (Å²) in [4.78, 5) is 18.2. The van der Waals surface area contributed by atoms with E-state index in [-0.39, 0.29) is 11.4 Å². The van der Waals surface area contributed by atoms with Crippen molar-refractivity contribution in [1.82, 2.24) is 14.8 Å². The Balaban J connectivity index is 1.80. The van der Waals surface area contributed by atoms with Crippen LogP contribution >= 0.6 is 0 Å². The molecule has 2 heterocycles. The van der Waals surface area contributed by atoms with Crippen LogP contribution in [0.3, 0.4) is 0 Å². The molecule has 1 fully saturated rings. The van der Waals surface area contributed by atoms with Gasteiger partial charge in [-0.25, -0.2) is 9.67 Å². The zero-order valence-corrected chi connectivity index (χ0v) is 18.4. The minimum absolute atomic E-state index is 0.187. The molecule has 2 aromatic heterocycles. The molecule has 0 radical (unpaired) electrons. The number of ether oxygens (including phenoxy) is 2. The van der Waals surface area contributed by atoms with Crippen LogP contribution < -0.4 is 14.8 Å². The summed E-state index contributed by atoms with van der Waals surface area (Å²) < 4.78 is 12.6. The van der Waals surface area contributed by atoms with Crippen molar-refractivity contribution in [2.45, 2.75) is 52.0 Å². The highest BCUT2D eigenvalue weighted by Gasteiger charge is 2.30. The first-order valence-electron chi connectivity index (χ1n) is 10.2. The van der Waals surface area contributed by atoms with Crippen LogP contribution in [0.1, 0.15) is 61.3 Å². The summed E-state index contributed by atoms with van der Waals surface area (Å²) in [5.74, 6) is 1.41. The van der Waals surface area contributed by atoms with Gasteiger partial charge in [0, 0.05) is 23.4 Å². The SMILES string of the molecule is COc1ccc(NC(=O)c2cc(C3CC3)nc3c2c(C)nn3C(C)(C)C)cc1OC. The zero-order valence-electron chi connectivity index (χ0n) is 18.4. The molecule has 0 bridgehead atoms. The van der Waals surface area contributed by atoms with Crippen molar-refractivity contribution in [1.29, 1.82) is 0 Å². The Kier molecular flexibility index (Phi) is 4.92. The quantitative estimate of drug-likeness (QED) is 0.665. The molecular formula is C23H28N4O3. The molecule has 7 nitrogen and oxygen atoms in total. The zero-order chi connectivity index (χ0) is 21.6. The van der Waals surface area contributed by atoms with Crippen molar-refractivity contribution in [3.05, 3.63) is 41.2 Å². The number of fused-ring (bicyclic) bond motifs is 1. The number of anilines is 1. The van der Waals surface area contributed by atoms with Crippen molar-refractivity contribution in [3.8, 4) is 11.5 Å². The number of carbonyl (C=O) groups excluding carboxylic acids is 1. The highest BCUT2D eigenvalue weighted by atomic mass is 16.5. The third kappa shape index (κ3) is 3.60. The van der Waals surface area contributed by atoms with Crippen LogP contribution in [0.25, 0.3) is 11.0 Å². The van der Waals surface area contributed by atoms with Crippen LogP contribution in [0.5, 0.6) is 11.5 Å². The maximum atomic E-state index is 13.3. The fourth-order valence-corrected chi connectivity index (χ4v) is 3.66. The molecule has 0 unspecified atom stereocenters. The molecule has 4 rings (SSSR count). The van der Waals surface area contributed by atoms with E-state index in [0.717, 1.165) is 35.3 Å². The number of pyridine rings is 1. The number of rotatable bonds is 5. The van der Waals surface area contributed by atoms with Crippen LogP contribution in [-0.4, -0.2) is 34.9 Å². The molecule has 1 amide bonds. The van der Waals surface area contributed by atoms with E-state index in [2.05, 4.69) is 26.1 Å². The standard InChI is InChI=1S/C23H28N4O3/c1-13-20-16(22(28)24-15-9-10-18(29-5)19(11-15)30-6)12-17(14-7-8-14)25-21(20)27(26-13)23(2,3)4/h9-12,14H,7-8H2,1-6H3,(H,24,28). The Morgan fingerprint density at radius 3 is 2.43 bits per heavy atom. The Morgan fingerprint density at radius 1 is 1.13 bits per heavy atom. The summed E-state index contributed by atoms with van der Waals surface area (Å²) in [6.45, 7) is 8.20. The summed E-state index contributed by atoms with van der Waals surface area (Å²) in [5.41, 5.74) is 3.53. The fraction of sp³-hybridized carbons (Fsp3) is 0.435. The summed E-state index contributed by atoms with van der Waals surface area (Å²) in [5, 5.41) is 8.52. The van der Waals surface area contributed by atoms with Gasteiger partial charge < -0.3 is 14.8 Å². The molecule has 0 aliphatic heterocycles. The molecule has 0 spiro atoms. The van der Waals surface area contributed by atoms with Gasteiger partial charge in [-0.2, -0.15) is 5.10 Å². The van der Waals surface area contributed by atoms with Gasteiger partial charge in [0.2, 0.25) is 0 Å². The summed E-state index contributed by atoms with van der Waals surface area (Å²) in [7, 11) is 3.15. The lowest BCUT2D eigenvalue weighted by molar-refractivity contribution is 0.102. The number of nitrogens with one attached hydrogen (secondary N) is 1. The van der Waals surface area contributed by atoms with Gasteiger partial charge in [-0.1, -0.05) is 0 Å². The van der Waals surface area contributed by atoms with Gasteiger partial charge in [0.05, 0.1) is 36.4 Å². The number of hydrogen-bond acceptors (Lipinski definition) is 5. The highest BCUT2D eigenvalue weighted by Crippen LogP contribution is 2.41. The molecule has 3 aromatic rings. The second-order valence-corrected chi connectivity index (χ2v) is 8.76. The Bertz CT molecular complexity index is 1120. The Hall–Kier alpha value is -3.09. The van der Waals surface area contributed by atoms with Crippen LogP contribution in [0.2, 0.25) is 0 Å². The number of carbonyl (C=O) groups is 1. The van der Waals surface area contributed by atoms with E-state index in [9.17, 15) is 4.79 Å². The van der Waals surface area contributed by atoms with Gasteiger partial charge in [0.25, 0.3) is 5.91 Å². The van der Waals surface area contributed by atoms with Crippen molar-refractivity contribution < 1.29 is 14.3 Å². The van der Waals surface area contributed by atoms with Gasteiger partial charge in [-0.3, -0.25) is 4.79 Å². The van der Waals surface area contributed by atoms with Crippen LogP contribution in [0.4, 0.5) is 5.69 Å². The number of hydrogen-bond donors (Lipinski definition) is 1. The van der Waals surface area contributed by atoms with Crippen molar-refractivity contribution in [2.24, 2.45) is 0 Å². The molecule has 158 valence electrons. The number of nitrogens with zero attached hydrogens (tertiary/aromatic N) is 3. The topological polar surface area (TPSA) is 78.3 Å². The molecule has 0 atom stereocenters. The predicted molar refractivity (Wildman–Crippen MR) is 117 cm³/mol. The maximum Gasteiger partial charge on any atom is 0.256 e. The lowest BCUT2D eigenvalue weighted by Gasteiger charge is -2.20. The van der Waals surface area contributed by atoms with Crippen LogP contribution in [-0.2, 0) is 5.54 Å². The number of amides is 1. The molecule has 1 aliphatic rings. The van der Waals surface area contributed by atoms with Crippen molar-refractivity contribution in [2.75, 3.05) is 19.5 Å². The average molecular weight is 409 g/mol. The average Bonchev–Trinajstić information content (AvgIpc) is 3.50. The highest BCUT2D eigenvalue weighted by molar-refractivity contribution is 6.12. The third-order valence-electron chi connectivity index (χ3n) is 5.35. The van der Waals surface area contributed by atoms with E-state index in [1.165, 1.54) is 0 Å². The number of aromatic nitrogens is 3. The van der Waals surface area contributed by atoms with Gasteiger partial charge in [-0.05, 0) is 58.7 Å². The molecule has 1 aromatic carbocycles. The van der Waals surface area contributed by atoms with E-state index in [1.54, 1.807) is 32.4 Å². The number of aryl methyl sites for hydroxylation is 1. The predicted octanol–water partition coefficient (Wildman–Crippen LogP) is 4.64. The van der Waals surface area contributed by atoms with Crippen molar-refractivity contribution in [3.63, 3.8) is 0 Å². The molecular weight excluding hydrogens is 380 g/mol. The molecule has 7 heteroatoms. The third-order valence-corrected chi connectivity index (χ3v) is 5.35. The first-order chi connectivity index (χ1) is 14.2. The van der Waals surface area contributed by atoms with Gasteiger partial charge in [-0.15, -0.1) is 0 Å². The fourth-order valence-electron chi connectivity index (χ4n) is 3.66. The molecule has 0 saturated heterocycles. The van der Waals surface area contributed by atoms with Gasteiger partial charge in [0.1, 0.15) is 0 Å². The van der Waals surface area contributed by atoms with E-state index >= 15 is 0 Å². The summed E-state index contributed by atoms with van der Waals surface area (Å²) >= 11 is 0. The van der Waals surface area contributed by atoms with E-state index < -0.39 is 0 Å². The normalized spacial score (nSPS) is 14.1. The minimum atomic E-state index is -0.237. The van der Waals surface area contributed by atoms with E-state index in [0.29, 0.717) is 28.7 Å². The summed E-state index contributed by atoms with van der Waals surface area (Å²) in [6, 6.07) is 7.25. The first kappa shape index (κ1) is 20.2. The number of benzene rings is 1. The van der Waals surface area contributed by atoms with E-state index in [4.69, 9.17) is 19.6 Å². The minimum Gasteiger partial charge on any atom is -0.493 e. The Morgan fingerprint density at radius 2 is 1.83 bits per heavy atom. The maximum absolute atomic E-state index is 13.3.